The topological polar surface area (TPSA) is 155 Å². The van der Waals surface area contributed by atoms with Crippen LogP contribution in [0.3, 0.4) is 0 Å². The van der Waals surface area contributed by atoms with Crippen LogP contribution in [-0.2, 0) is 32.0 Å². The van der Waals surface area contributed by atoms with Crippen molar-refractivity contribution in [3.63, 3.8) is 0 Å². The number of aliphatic hydroxyl groups is 1. The second-order valence-electron chi connectivity index (χ2n) is 11.1. The zero-order chi connectivity index (χ0) is 27.4. The number of aryl methyl sites for hydroxylation is 1. The number of hydrogen-bond acceptors (Lipinski definition) is 8. The number of aromatic hydroxyl groups is 1. The minimum Gasteiger partial charge on any atom is -0.507 e. The van der Waals surface area contributed by atoms with Crippen LogP contribution in [0.15, 0.2) is 12.1 Å². The van der Waals surface area contributed by atoms with E-state index in [0.717, 1.165) is 31.2 Å². The van der Waals surface area contributed by atoms with E-state index in [4.69, 9.17) is 5.73 Å². The van der Waals surface area contributed by atoms with E-state index >= 15 is 0 Å². The highest BCUT2D eigenvalue weighted by Gasteiger charge is 2.69. The van der Waals surface area contributed by atoms with Crippen LogP contribution in [0.5, 0.6) is 5.75 Å². The van der Waals surface area contributed by atoms with Gasteiger partial charge in [0.2, 0.25) is 5.91 Å². The highest BCUT2D eigenvalue weighted by molar-refractivity contribution is 6.32. The largest absolute Gasteiger partial charge is 0.507 e. The lowest BCUT2D eigenvalue weighted by atomic mass is 9.52. The number of likely N-dealkylation sites (N-methyl/N-ethyl adjacent to an activating group) is 1. The van der Waals surface area contributed by atoms with Crippen molar-refractivity contribution in [2.24, 2.45) is 35.3 Å². The van der Waals surface area contributed by atoms with Crippen LogP contribution in [0, 0.1) is 29.6 Å². The van der Waals surface area contributed by atoms with Gasteiger partial charge in [0.15, 0.2) is 34.7 Å². The van der Waals surface area contributed by atoms with Gasteiger partial charge in [0.05, 0.1) is 17.5 Å². The average molecular weight is 513 g/mol. The van der Waals surface area contributed by atoms with Crippen LogP contribution < -0.4 is 5.73 Å². The molecular formula is C28H36N2O7. The number of nitrogens with zero attached hydrogens (tertiary/aromatic N) is 1. The third-order valence-corrected chi connectivity index (χ3v) is 9.02. The smallest absolute Gasteiger partial charge is 0.235 e. The van der Waals surface area contributed by atoms with E-state index in [-0.39, 0.29) is 17.7 Å². The molecule has 0 saturated heterocycles. The molecule has 0 heterocycles. The minimum atomic E-state index is -2.69. The average Bonchev–Trinajstić information content (AvgIpc) is 2.82. The third kappa shape index (κ3) is 4.03. The van der Waals surface area contributed by atoms with Gasteiger partial charge in [-0.3, -0.25) is 28.9 Å². The first-order valence-electron chi connectivity index (χ1n) is 13.1. The number of carbonyl (C=O) groups excluding carboxylic acids is 5. The molecule has 4 rings (SSSR count). The minimum absolute atomic E-state index is 0.0610. The molecule has 3 aliphatic rings. The summed E-state index contributed by atoms with van der Waals surface area (Å²) in [5.41, 5.74) is 4.35. The van der Waals surface area contributed by atoms with Crippen molar-refractivity contribution >= 4 is 29.0 Å². The zero-order valence-electron chi connectivity index (χ0n) is 21.8. The van der Waals surface area contributed by atoms with Crippen LogP contribution in [0.1, 0.15) is 61.0 Å². The number of nitrogens with two attached hydrogens (primary N) is 1. The first kappa shape index (κ1) is 27.1. The number of phenols is 1. The first-order valence-corrected chi connectivity index (χ1v) is 13.1. The van der Waals surface area contributed by atoms with Gasteiger partial charge < -0.3 is 15.9 Å². The fourth-order valence-electron chi connectivity index (χ4n) is 6.96. The van der Waals surface area contributed by atoms with Crippen molar-refractivity contribution in [3.05, 3.63) is 28.8 Å². The molecule has 0 radical (unpaired) electrons. The van der Waals surface area contributed by atoms with Crippen LogP contribution in [0.25, 0.3) is 0 Å². The Morgan fingerprint density at radius 3 is 2.35 bits per heavy atom. The van der Waals surface area contributed by atoms with Crippen molar-refractivity contribution < 1.29 is 34.2 Å². The van der Waals surface area contributed by atoms with Crippen molar-refractivity contribution in [1.82, 2.24) is 4.90 Å². The third-order valence-electron chi connectivity index (χ3n) is 9.02. The van der Waals surface area contributed by atoms with E-state index in [9.17, 15) is 34.2 Å². The molecule has 200 valence electrons. The number of hydrogen-bond donors (Lipinski definition) is 3. The summed E-state index contributed by atoms with van der Waals surface area (Å²) in [7, 11) is 3.14. The molecule has 6 atom stereocenters. The molecule has 2 saturated carbocycles. The molecule has 3 aliphatic carbocycles. The van der Waals surface area contributed by atoms with Gasteiger partial charge in [-0.2, -0.15) is 0 Å². The van der Waals surface area contributed by atoms with Crippen LogP contribution in [-0.4, -0.2) is 69.9 Å². The van der Waals surface area contributed by atoms with E-state index in [1.165, 1.54) is 11.0 Å². The lowest BCUT2D eigenvalue weighted by Crippen LogP contribution is -2.74. The Morgan fingerprint density at radius 1 is 1.14 bits per heavy atom. The zero-order valence-corrected chi connectivity index (χ0v) is 21.8. The molecule has 1 aromatic carbocycles. The van der Waals surface area contributed by atoms with Gasteiger partial charge in [-0.1, -0.05) is 32.8 Å². The summed E-state index contributed by atoms with van der Waals surface area (Å²) in [5, 5.41) is 22.2. The Kier molecular flexibility index (Phi) is 7.16. The van der Waals surface area contributed by atoms with Crippen molar-refractivity contribution in [1.29, 1.82) is 0 Å². The Labute approximate surface area is 216 Å². The molecule has 2 unspecified atom stereocenters. The Morgan fingerprint density at radius 2 is 1.78 bits per heavy atom. The molecule has 0 spiro atoms. The highest BCUT2D eigenvalue weighted by atomic mass is 16.3. The van der Waals surface area contributed by atoms with Gasteiger partial charge in [-0.15, -0.1) is 0 Å². The predicted octanol–water partition coefficient (Wildman–Crippen LogP) is 1.24. The second kappa shape index (κ2) is 9.76. The normalized spacial score (nSPS) is 31.4. The number of Topliss-reactive ketones (excluding diaryl/α,β-unsaturated/α-hetero) is 4. The van der Waals surface area contributed by atoms with Crippen LogP contribution >= 0.6 is 0 Å². The van der Waals surface area contributed by atoms with Gasteiger partial charge >= 0.3 is 0 Å². The van der Waals surface area contributed by atoms with Crippen LogP contribution in [0.2, 0.25) is 0 Å². The number of fused-ring (bicyclic) bond motifs is 3. The van der Waals surface area contributed by atoms with E-state index in [2.05, 4.69) is 13.8 Å². The molecule has 1 amide bonds. The number of amides is 1. The number of ketones is 4. The Balaban J connectivity index is 1.79. The van der Waals surface area contributed by atoms with Crippen LogP contribution in [0.4, 0.5) is 0 Å². The number of carbonyl (C=O) groups is 5. The summed E-state index contributed by atoms with van der Waals surface area (Å²) in [4.78, 5) is 67.6. The lowest BCUT2D eigenvalue weighted by Gasteiger charge is -2.52. The molecule has 4 N–H and O–H groups in total. The summed E-state index contributed by atoms with van der Waals surface area (Å²) >= 11 is 0. The van der Waals surface area contributed by atoms with Gasteiger partial charge in [0.25, 0.3) is 0 Å². The molecule has 0 aromatic heterocycles. The Hall–Kier alpha value is -2.91. The highest BCUT2D eigenvalue weighted by Crippen LogP contribution is 2.51. The lowest BCUT2D eigenvalue weighted by molar-refractivity contribution is -0.181. The SMILES string of the molecule is CCC(CC)CCc1ccc(O)c2c1C[C@@H]1C[C@@H]3[C@@H](N(C)C)C(=O)C(C(N)=O)C(=O)[C@]3(O)C(=O)C1C2=O. The van der Waals surface area contributed by atoms with E-state index in [1.807, 2.05) is 6.07 Å². The molecule has 1 aromatic rings. The molecular weight excluding hydrogens is 476 g/mol. The number of phenolic OH excluding ortho intramolecular Hbond substituents is 1. The summed E-state index contributed by atoms with van der Waals surface area (Å²) in [6.07, 6.45) is 4.08. The van der Waals surface area contributed by atoms with E-state index in [0.29, 0.717) is 17.9 Å². The fraction of sp³-hybridized carbons (Fsp3) is 0.607. The second-order valence-corrected chi connectivity index (χ2v) is 11.1. The maximum atomic E-state index is 13.8. The number of rotatable bonds is 7. The molecule has 9 nitrogen and oxygen atoms in total. The summed E-state index contributed by atoms with van der Waals surface area (Å²) < 4.78 is 0. The van der Waals surface area contributed by atoms with E-state index < -0.39 is 64.4 Å². The van der Waals surface area contributed by atoms with Gasteiger partial charge in [0, 0.05) is 5.92 Å². The molecule has 0 bridgehead atoms. The van der Waals surface area contributed by atoms with E-state index in [1.54, 1.807) is 14.1 Å². The Bertz CT molecular complexity index is 1170. The summed E-state index contributed by atoms with van der Waals surface area (Å²) in [6.45, 7) is 4.28. The fourth-order valence-corrected chi connectivity index (χ4v) is 6.96. The maximum absolute atomic E-state index is 13.8. The molecule has 2 fully saturated rings. The van der Waals surface area contributed by atoms with Gasteiger partial charge in [0.1, 0.15) is 5.75 Å². The number of primary amides is 1. The van der Waals surface area contributed by atoms with Crippen molar-refractivity contribution in [2.45, 2.75) is 64.0 Å². The molecule has 0 aliphatic heterocycles. The standard InChI is InChI=1S/C28H36N2O7/c1-5-13(6-2)7-8-14-9-10-18(31)20-16(14)11-15-12-17-22(30(3)4)24(33)21(27(29)36)26(35)28(17,37)25(34)19(15)23(20)32/h9-10,13,15,17,19,21-22,31,37H,5-8,11-12H2,1-4H3,(H2,29,36)/t15-,17-,19?,21?,22-,28-/m1/s1. The first-order chi connectivity index (χ1) is 17.4. The van der Waals surface area contributed by atoms with Crippen molar-refractivity contribution in [2.75, 3.05) is 14.1 Å². The maximum Gasteiger partial charge on any atom is 0.235 e. The summed E-state index contributed by atoms with van der Waals surface area (Å²) in [6, 6.07) is 2.18. The van der Waals surface area contributed by atoms with Gasteiger partial charge in [-0.05, 0) is 68.8 Å². The predicted molar refractivity (Wildman–Crippen MR) is 134 cm³/mol. The monoisotopic (exact) mass is 512 g/mol. The molecule has 9 heteroatoms. The van der Waals surface area contributed by atoms with Gasteiger partial charge in [-0.25, -0.2) is 0 Å². The number of benzene rings is 1. The van der Waals surface area contributed by atoms with Crippen molar-refractivity contribution in [3.8, 4) is 5.75 Å². The molecule has 37 heavy (non-hydrogen) atoms. The summed E-state index contributed by atoms with van der Waals surface area (Å²) in [5.74, 6) is -9.58. The quantitative estimate of drug-likeness (QED) is 0.461.